The van der Waals surface area contributed by atoms with E-state index in [1.807, 2.05) is 0 Å². The summed E-state index contributed by atoms with van der Waals surface area (Å²) in [5.41, 5.74) is 0.546. The first kappa shape index (κ1) is 14.8. The lowest BCUT2D eigenvalue weighted by atomic mass is 9.48. The quantitative estimate of drug-likeness (QED) is 0.694. The molecule has 0 amide bonds. The molecule has 4 fully saturated rings. The van der Waals surface area contributed by atoms with E-state index in [0.29, 0.717) is 11.5 Å². The third-order valence-electron chi connectivity index (χ3n) is 6.09. The summed E-state index contributed by atoms with van der Waals surface area (Å²) in [6.07, 6.45) is 9.91. The fourth-order valence-corrected chi connectivity index (χ4v) is 5.68. The van der Waals surface area contributed by atoms with Crippen molar-refractivity contribution in [2.24, 2.45) is 23.2 Å². The molecule has 20 heavy (non-hydrogen) atoms. The highest BCUT2D eigenvalue weighted by Crippen LogP contribution is 2.61. The van der Waals surface area contributed by atoms with Crippen molar-refractivity contribution in [3.63, 3.8) is 0 Å². The highest BCUT2D eigenvalue weighted by Gasteiger charge is 2.53. The van der Waals surface area contributed by atoms with Crippen LogP contribution in [0.2, 0.25) is 0 Å². The van der Waals surface area contributed by atoms with Crippen LogP contribution in [-0.2, 0) is 9.47 Å². The molecule has 4 aliphatic rings. The maximum atomic E-state index is 5.94. The Morgan fingerprint density at radius 2 is 1.65 bits per heavy atom. The predicted octanol–water partition coefficient (Wildman–Crippen LogP) is 2.84. The van der Waals surface area contributed by atoms with Gasteiger partial charge in [0.15, 0.2) is 0 Å². The SMILES string of the molecule is CNC(COCCCOC)C12CC3CC(CC(C3)C1)C2. The lowest BCUT2D eigenvalue weighted by Gasteiger charge is -2.59. The van der Waals surface area contributed by atoms with Crippen molar-refractivity contribution < 1.29 is 9.47 Å². The maximum absolute atomic E-state index is 5.94. The predicted molar refractivity (Wildman–Crippen MR) is 80.8 cm³/mol. The molecule has 1 N–H and O–H groups in total. The summed E-state index contributed by atoms with van der Waals surface area (Å²) in [7, 11) is 3.88. The van der Waals surface area contributed by atoms with E-state index in [1.54, 1.807) is 7.11 Å². The molecule has 4 rings (SSSR count). The van der Waals surface area contributed by atoms with Crippen LogP contribution in [0.15, 0.2) is 0 Å². The van der Waals surface area contributed by atoms with E-state index >= 15 is 0 Å². The first-order chi connectivity index (χ1) is 9.75. The fourth-order valence-electron chi connectivity index (χ4n) is 5.68. The summed E-state index contributed by atoms with van der Waals surface area (Å²) in [6.45, 7) is 2.52. The van der Waals surface area contributed by atoms with Gasteiger partial charge in [-0.25, -0.2) is 0 Å². The summed E-state index contributed by atoms with van der Waals surface area (Å²) in [6, 6.07) is 0.554. The van der Waals surface area contributed by atoms with Crippen molar-refractivity contribution in [1.82, 2.24) is 5.32 Å². The first-order valence-corrected chi connectivity index (χ1v) is 8.49. The normalized spacial score (nSPS) is 40.2. The van der Waals surface area contributed by atoms with E-state index in [0.717, 1.165) is 44.0 Å². The van der Waals surface area contributed by atoms with Crippen LogP contribution in [0.5, 0.6) is 0 Å². The van der Waals surface area contributed by atoms with E-state index < -0.39 is 0 Å². The Bertz CT molecular complexity index is 283. The number of nitrogens with one attached hydrogen (secondary N) is 1. The molecule has 0 aromatic rings. The van der Waals surface area contributed by atoms with Crippen LogP contribution in [0.4, 0.5) is 0 Å². The van der Waals surface area contributed by atoms with Crippen LogP contribution in [0.1, 0.15) is 44.9 Å². The maximum Gasteiger partial charge on any atom is 0.0624 e. The largest absolute Gasteiger partial charge is 0.385 e. The van der Waals surface area contributed by atoms with Gasteiger partial charge in [-0.1, -0.05) is 0 Å². The fraction of sp³-hybridized carbons (Fsp3) is 1.00. The van der Waals surface area contributed by atoms with Gasteiger partial charge in [0.1, 0.15) is 0 Å². The Morgan fingerprint density at radius 1 is 1.05 bits per heavy atom. The Kier molecular flexibility index (Phi) is 4.68. The molecule has 116 valence electrons. The molecule has 4 aliphatic carbocycles. The molecule has 0 radical (unpaired) electrons. The van der Waals surface area contributed by atoms with Crippen molar-refractivity contribution in [1.29, 1.82) is 0 Å². The average molecular weight is 281 g/mol. The molecular formula is C17H31NO2. The van der Waals surface area contributed by atoms with Crippen LogP contribution in [0.25, 0.3) is 0 Å². The standard InChI is InChI=1S/C17H31NO2/c1-18-16(12-20-5-3-4-19-2)17-9-13-6-14(10-17)8-15(7-13)11-17/h13-16,18H,3-12H2,1-2H3. The number of ether oxygens (including phenoxy) is 2. The van der Waals surface area contributed by atoms with Crippen LogP contribution in [0.3, 0.4) is 0 Å². The van der Waals surface area contributed by atoms with Gasteiger partial charge in [0, 0.05) is 26.4 Å². The number of rotatable bonds is 8. The average Bonchev–Trinajstić information content (AvgIpc) is 2.41. The first-order valence-electron chi connectivity index (χ1n) is 8.49. The van der Waals surface area contributed by atoms with Gasteiger partial charge >= 0.3 is 0 Å². The molecule has 0 aliphatic heterocycles. The van der Waals surface area contributed by atoms with Gasteiger partial charge in [-0.15, -0.1) is 0 Å². The second-order valence-corrected chi connectivity index (χ2v) is 7.54. The van der Waals surface area contributed by atoms with E-state index in [9.17, 15) is 0 Å². The van der Waals surface area contributed by atoms with E-state index in [1.165, 1.54) is 38.5 Å². The highest BCUT2D eigenvalue weighted by molar-refractivity contribution is 5.05. The van der Waals surface area contributed by atoms with Crippen molar-refractivity contribution in [3.05, 3.63) is 0 Å². The van der Waals surface area contributed by atoms with Gasteiger partial charge in [-0.3, -0.25) is 0 Å². The molecule has 4 bridgehead atoms. The highest BCUT2D eigenvalue weighted by atomic mass is 16.5. The lowest BCUT2D eigenvalue weighted by molar-refractivity contribution is -0.0877. The van der Waals surface area contributed by atoms with Gasteiger partial charge in [0.05, 0.1) is 6.61 Å². The molecule has 3 nitrogen and oxygen atoms in total. The summed E-state index contributed by atoms with van der Waals surface area (Å²) < 4.78 is 11.0. The zero-order chi connectivity index (χ0) is 14.0. The molecule has 0 saturated heterocycles. The summed E-state index contributed by atoms with van der Waals surface area (Å²) in [4.78, 5) is 0. The molecule has 4 saturated carbocycles. The molecule has 0 spiro atoms. The minimum atomic E-state index is 0.546. The number of hydrogen-bond donors (Lipinski definition) is 1. The van der Waals surface area contributed by atoms with E-state index in [4.69, 9.17) is 9.47 Å². The van der Waals surface area contributed by atoms with E-state index in [2.05, 4.69) is 12.4 Å². The van der Waals surface area contributed by atoms with Crippen LogP contribution in [-0.4, -0.2) is 40.0 Å². The Morgan fingerprint density at radius 3 is 2.15 bits per heavy atom. The van der Waals surface area contributed by atoms with Gasteiger partial charge in [0.25, 0.3) is 0 Å². The zero-order valence-electron chi connectivity index (χ0n) is 13.2. The van der Waals surface area contributed by atoms with Crippen molar-refractivity contribution >= 4 is 0 Å². The third kappa shape index (κ3) is 2.90. The van der Waals surface area contributed by atoms with Gasteiger partial charge in [0.2, 0.25) is 0 Å². The molecule has 1 atom stereocenters. The molecule has 0 aromatic heterocycles. The van der Waals surface area contributed by atoms with Crippen LogP contribution in [0, 0.1) is 23.2 Å². The monoisotopic (exact) mass is 281 g/mol. The smallest absolute Gasteiger partial charge is 0.0624 e. The topological polar surface area (TPSA) is 30.5 Å². The van der Waals surface area contributed by atoms with Crippen molar-refractivity contribution in [2.45, 2.75) is 51.0 Å². The minimum Gasteiger partial charge on any atom is -0.385 e. The second kappa shape index (κ2) is 6.33. The van der Waals surface area contributed by atoms with E-state index in [-0.39, 0.29) is 0 Å². The summed E-state index contributed by atoms with van der Waals surface area (Å²) in [5.74, 6) is 3.06. The van der Waals surface area contributed by atoms with Gasteiger partial charge in [-0.2, -0.15) is 0 Å². The second-order valence-electron chi connectivity index (χ2n) is 7.54. The third-order valence-corrected chi connectivity index (χ3v) is 6.09. The van der Waals surface area contributed by atoms with Crippen molar-refractivity contribution in [2.75, 3.05) is 34.0 Å². The Hall–Kier alpha value is -0.120. The van der Waals surface area contributed by atoms with Gasteiger partial charge in [-0.05, 0) is 75.2 Å². The molecular weight excluding hydrogens is 250 g/mol. The number of likely N-dealkylation sites (N-methyl/N-ethyl adjacent to an activating group) is 1. The molecule has 0 heterocycles. The van der Waals surface area contributed by atoms with Crippen LogP contribution >= 0.6 is 0 Å². The zero-order valence-corrected chi connectivity index (χ0v) is 13.2. The lowest BCUT2D eigenvalue weighted by Crippen LogP contribution is -2.56. The van der Waals surface area contributed by atoms with Crippen LogP contribution < -0.4 is 5.32 Å². The Labute approximate surface area is 123 Å². The molecule has 1 unspecified atom stereocenters. The summed E-state index contributed by atoms with van der Waals surface area (Å²) in [5, 5.41) is 3.59. The Balaban J connectivity index is 1.55. The number of hydrogen-bond acceptors (Lipinski definition) is 3. The minimum absolute atomic E-state index is 0.546. The molecule has 0 aromatic carbocycles. The van der Waals surface area contributed by atoms with Gasteiger partial charge < -0.3 is 14.8 Å². The number of methoxy groups -OCH3 is 1. The summed E-state index contributed by atoms with van der Waals surface area (Å²) >= 11 is 0. The molecule has 3 heteroatoms. The van der Waals surface area contributed by atoms with Crippen molar-refractivity contribution in [3.8, 4) is 0 Å².